The van der Waals surface area contributed by atoms with Crippen LogP contribution in [-0.4, -0.2) is 4.57 Å². The van der Waals surface area contributed by atoms with Gasteiger partial charge in [-0.15, -0.1) is 0 Å². The van der Waals surface area contributed by atoms with Crippen LogP contribution < -0.4 is 4.90 Å². The van der Waals surface area contributed by atoms with Crippen LogP contribution in [0.4, 0.5) is 17.1 Å². The second kappa shape index (κ2) is 16.9. The molecule has 11 aromatic carbocycles. The molecule has 0 fully saturated rings. The predicted molar refractivity (Wildman–Crippen MR) is 290 cm³/mol. The van der Waals surface area contributed by atoms with Crippen molar-refractivity contribution in [2.45, 2.75) is 0 Å². The number of anilines is 3. The summed E-state index contributed by atoms with van der Waals surface area (Å²) < 4.78 is 8.82. The normalized spacial score (nSPS) is 11.5. The number of furan rings is 1. The molecule has 2 heterocycles. The maximum Gasteiger partial charge on any atom is 0.143 e. The lowest BCUT2D eigenvalue weighted by Crippen LogP contribution is -2.11. The molecule has 0 aliphatic rings. The third kappa shape index (κ3) is 7.08. The highest BCUT2D eigenvalue weighted by Crippen LogP contribution is 2.44. The molecule has 0 spiro atoms. The first-order valence-corrected chi connectivity index (χ1v) is 23.6. The van der Waals surface area contributed by atoms with Gasteiger partial charge in [-0.05, 0) is 99.6 Å². The Morgan fingerprint density at radius 2 is 0.797 bits per heavy atom. The molecule has 0 unspecified atom stereocenters. The smallest absolute Gasteiger partial charge is 0.143 e. The second-order valence-corrected chi connectivity index (χ2v) is 17.6. The summed E-state index contributed by atoms with van der Waals surface area (Å²) in [6, 6.07) is 96.1. The van der Waals surface area contributed by atoms with Gasteiger partial charge < -0.3 is 13.9 Å². The average Bonchev–Trinajstić information content (AvgIpc) is 3.98. The molecule has 0 bridgehead atoms. The van der Waals surface area contributed by atoms with Crippen LogP contribution >= 0.6 is 0 Å². The fourth-order valence-corrected chi connectivity index (χ4v) is 10.4. The Morgan fingerprint density at radius 1 is 0.290 bits per heavy atom. The lowest BCUT2D eigenvalue weighted by Gasteiger charge is -2.29. The number of para-hydroxylation sites is 6. The van der Waals surface area contributed by atoms with Crippen LogP contribution in [0.2, 0.25) is 0 Å². The highest BCUT2D eigenvalue weighted by molar-refractivity contribution is 6.11. The Labute approximate surface area is 401 Å². The van der Waals surface area contributed by atoms with Gasteiger partial charge in [0.25, 0.3) is 0 Å². The summed E-state index contributed by atoms with van der Waals surface area (Å²) in [7, 11) is 0. The van der Waals surface area contributed by atoms with Gasteiger partial charge in [-0.3, -0.25) is 0 Å². The molecular weight excluding hydrogens is 837 g/mol. The van der Waals surface area contributed by atoms with Crippen molar-refractivity contribution in [3.8, 4) is 61.3 Å². The molecule has 324 valence electrons. The number of aromatic nitrogens is 1. The molecule has 3 heteroatoms. The van der Waals surface area contributed by atoms with E-state index in [4.69, 9.17) is 4.42 Å². The first kappa shape index (κ1) is 40.1. The number of fused-ring (bicyclic) bond motifs is 6. The third-order valence-electron chi connectivity index (χ3n) is 13.6. The summed E-state index contributed by atoms with van der Waals surface area (Å²) in [4.78, 5) is 2.41. The second-order valence-electron chi connectivity index (χ2n) is 17.6. The van der Waals surface area contributed by atoms with E-state index in [1.54, 1.807) is 0 Å². The van der Waals surface area contributed by atoms with E-state index in [9.17, 15) is 0 Å². The van der Waals surface area contributed by atoms with E-state index >= 15 is 0 Å². The monoisotopic (exact) mass is 880 g/mol. The number of benzene rings is 11. The molecule has 3 nitrogen and oxygen atoms in total. The summed E-state index contributed by atoms with van der Waals surface area (Å²) >= 11 is 0. The fraction of sp³-hybridized carbons (Fsp3) is 0. The van der Waals surface area contributed by atoms with Gasteiger partial charge in [0.05, 0.1) is 22.4 Å². The number of hydrogen-bond donors (Lipinski definition) is 0. The molecule has 2 aromatic heterocycles. The van der Waals surface area contributed by atoms with Gasteiger partial charge in [0, 0.05) is 49.6 Å². The van der Waals surface area contributed by atoms with Crippen LogP contribution in [0.25, 0.3) is 105 Å². The Hall–Kier alpha value is -9.18. The van der Waals surface area contributed by atoms with Gasteiger partial charge in [-0.2, -0.15) is 0 Å². The molecule has 0 aliphatic heterocycles. The molecule has 69 heavy (non-hydrogen) atoms. The first-order valence-electron chi connectivity index (χ1n) is 23.6. The summed E-state index contributed by atoms with van der Waals surface area (Å²) in [6.45, 7) is 0. The zero-order valence-corrected chi connectivity index (χ0v) is 37.7. The van der Waals surface area contributed by atoms with Crippen molar-refractivity contribution in [2.24, 2.45) is 0 Å². The van der Waals surface area contributed by atoms with Gasteiger partial charge in [-0.1, -0.05) is 206 Å². The van der Waals surface area contributed by atoms with Crippen LogP contribution in [0, 0.1) is 0 Å². The van der Waals surface area contributed by atoms with Crippen molar-refractivity contribution < 1.29 is 4.42 Å². The van der Waals surface area contributed by atoms with Crippen molar-refractivity contribution in [1.29, 1.82) is 0 Å². The first-order chi connectivity index (χ1) is 34.2. The minimum Gasteiger partial charge on any atom is -0.455 e. The number of hydrogen-bond acceptors (Lipinski definition) is 2. The van der Waals surface area contributed by atoms with Gasteiger partial charge in [0.15, 0.2) is 0 Å². The quantitative estimate of drug-likeness (QED) is 0.144. The van der Waals surface area contributed by atoms with Crippen molar-refractivity contribution >= 4 is 60.8 Å². The third-order valence-corrected chi connectivity index (χ3v) is 13.6. The minimum atomic E-state index is 0.907. The summed E-state index contributed by atoms with van der Waals surface area (Å²) in [5.74, 6) is 0. The maximum absolute atomic E-state index is 6.40. The van der Waals surface area contributed by atoms with Gasteiger partial charge in [0.1, 0.15) is 11.2 Å². The van der Waals surface area contributed by atoms with Crippen molar-refractivity contribution in [1.82, 2.24) is 4.57 Å². The van der Waals surface area contributed by atoms with Crippen LogP contribution in [0.3, 0.4) is 0 Å². The zero-order chi connectivity index (χ0) is 45.7. The van der Waals surface area contributed by atoms with Crippen molar-refractivity contribution in [3.05, 3.63) is 267 Å². The largest absolute Gasteiger partial charge is 0.455 e. The average molecular weight is 881 g/mol. The Morgan fingerprint density at radius 3 is 1.57 bits per heavy atom. The Bertz CT molecular complexity index is 3960. The van der Waals surface area contributed by atoms with E-state index in [-0.39, 0.29) is 0 Å². The van der Waals surface area contributed by atoms with E-state index < -0.39 is 0 Å². The van der Waals surface area contributed by atoms with Crippen LogP contribution in [0.5, 0.6) is 0 Å². The lowest BCUT2D eigenvalue weighted by molar-refractivity contribution is 0.670. The van der Waals surface area contributed by atoms with E-state index in [0.29, 0.717) is 0 Å². The van der Waals surface area contributed by atoms with E-state index in [1.165, 1.54) is 32.9 Å². The number of rotatable bonds is 9. The van der Waals surface area contributed by atoms with Crippen molar-refractivity contribution in [2.75, 3.05) is 4.90 Å². The fourth-order valence-electron chi connectivity index (χ4n) is 10.4. The van der Waals surface area contributed by atoms with Crippen molar-refractivity contribution in [3.63, 3.8) is 0 Å². The minimum absolute atomic E-state index is 0.907. The van der Waals surface area contributed by atoms with E-state index in [1.807, 2.05) is 12.1 Å². The Kier molecular flexibility index (Phi) is 9.84. The van der Waals surface area contributed by atoms with Crippen LogP contribution in [0.1, 0.15) is 0 Å². The zero-order valence-electron chi connectivity index (χ0n) is 37.7. The molecular formula is C66H44N2O. The SMILES string of the molecule is c1ccc(-c2cccc(-c3ccccc3N(c3ccc(-c4ccc(-c5cccc6c5oc5ccccc56)cc4)cc3)c3cccc(-c4ccccc4-n4c5ccccc5c5ccccc54)c3)c2)cc1. The Balaban J connectivity index is 0.923. The summed E-state index contributed by atoms with van der Waals surface area (Å²) in [5.41, 5.74) is 20.0. The molecule has 13 rings (SSSR count). The molecule has 0 aliphatic carbocycles. The predicted octanol–water partition coefficient (Wildman–Crippen LogP) is 18.5. The molecule has 0 saturated heterocycles. The van der Waals surface area contributed by atoms with Crippen LogP contribution in [-0.2, 0) is 0 Å². The van der Waals surface area contributed by atoms with Gasteiger partial charge >= 0.3 is 0 Å². The molecule has 0 saturated carbocycles. The summed E-state index contributed by atoms with van der Waals surface area (Å²) in [6.07, 6.45) is 0. The lowest BCUT2D eigenvalue weighted by atomic mass is 9.96. The molecule has 0 amide bonds. The van der Waals surface area contributed by atoms with E-state index in [0.717, 1.165) is 89.2 Å². The molecule has 0 radical (unpaired) electrons. The van der Waals surface area contributed by atoms with E-state index in [2.05, 4.69) is 264 Å². The van der Waals surface area contributed by atoms with Gasteiger partial charge in [-0.25, -0.2) is 0 Å². The maximum atomic E-state index is 6.40. The van der Waals surface area contributed by atoms with Crippen LogP contribution in [0.15, 0.2) is 271 Å². The summed E-state index contributed by atoms with van der Waals surface area (Å²) in [5, 5.41) is 4.76. The van der Waals surface area contributed by atoms with Gasteiger partial charge in [0.2, 0.25) is 0 Å². The standard InChI is InChI=1S/C66H44N2O/c1-2-17-45(18-3-1)49-19-14-20-50(43-49)54-23-4-9-30-61(54)67(52-41-39-47(40-42-52)46-35-37-48(38-36-46)56-28-16-29-60-59-27-8-13-34-65(59)69-66(56)60)53-22-15-21-51(44-53)55-24-5-10-31-62(55)68-63-32-11-6-25-57(63)58-26-7-12-33-64(58)68/h1-44H. The molecule has 13 aromatic rings. The number of nitrogens with zero attached hydrogens (tertiary/aromatic N) is 2. The highest BCUT2D eigenvalue weighted by Gasteiger charge is 2.21. The topological polar surface area (TPSA) is 21.3 Å². The molecule has 0 atom stereocenters. The molecule has 0 N–H and O–H groups in total. The highest BCUT2D eigenvalue weighted by atomic mass is 16.3.